The molecule has 0 aliphatic rings. The van der Waals surface area contributed by atoms with Gasteiger partial charge in [-0.05, 0) is 0 Å². The van der Waals surface area contributed by atoms with Crippen molar-refractivity contribution in [3.8, 4) is 5.75 Å². The molecule has 0 amide bonds. The fraction of sp³-hybridized carbons (Fsp3) is 0. The minimum atomic E-state index is -2.98. The SMILES string of the molecule is Oc1ccc(P(I)(c2ccccc2)(c2ccccc2)c2ccccc2)cc1. The van der Waals surface area contributed by atoms with Crippen LogP contribution < -0.4 is 21.2 Å². The molecule has 1 N–H and O–H groups in total. The Hall–Kier alpha value is -2.16. The Morgan fingerprint density at radius 3 is 1.07 bits per heavy atom. The summed E-state index contributed by atoms with van der Waals surface area (Å²) in [6.45, 7) is 0. The van der Waals surface area contributed by atoms with Gasteiger partial charge in [0.15, 0.2) is 0 Å². The Morgan fingerprint density at radius 2 is 0.741 bits per heavy atom. The van der Waals surface area contributed by atoms with Crippen molar-refractivity contribution in [1.82, 2.24) is 0 Å². The first-order chi connectivity index (χ1) is 13.1. The third-order valence-corrected chi connectivity index (χ3v) is 16.8. The maximum atomic E-state index is 9.93. The van der Waals surface area contributed by atoms with Crippen LogP contribution in [0.3, 0.4) is 0 Å². The molecule has 0 bridgehead atoms. The van der Waals surface area contributed by atoms with E-state index < -0.39 is 4.25 Å². The summed E-state index contributed by atoms with van der Waals surface area (Å²) in [6, 6.07) is 40.0. The van der Waals surface area contributed by atoms with Crippen LogP contribution in [0.5, 0.6) is 5.75 Å². The van der Waals surface area contributed by atoms with E-state index in [1.54, 1.807) is 12.1 Å². The molecule has 0 heterocycles. The minimum absolute atomic E-state index is 0.286. The predicted molar refractivity (Wildman–Crippen MR) is 127 cm³/mol. The van der Waals surface area contributed by atoms with Gasteiger partial charge < -0.3 is 0 Å². The average molecular weight is 482 g/mol. The van der Waals surface area contributed by atoms with Crippen LogP contribution in [0.25, 0.3) is 0 Å². The van der Waals surface area contributed by atoms with Gasteiger partial charge in [0.05, 0.1) is 0 Å². The molecule has 134 valence electrons. The third-order valence-electron chi connectivity index (χ3n) is 5.06. The van der Waals surface area contributed by atoms with Gasteiger partial charge in [-0.2, -0.15) is 0 Å². The monoisotopic (exact) mass is 482 g/mol. The second-order valence-electron chi connectivity index (χ2n) is 6.53. The summed E-state index contributed by atoms with van der Waals surface area (Å²) in [6.07, 6.45) is 0. The van der Waals surface area contributed by atoms with Crippen LogP contribution in [0.4, 0.5) is 0 Å². The van der Waals surface area contributed by atoms with Crippen LogP contribution in [0, 0.1) is 0 Å². The Labute approximate surface area is 173 Å². The van der Waals surface area contributed by atoms with E-state index in [1.165, 1.54) is 21.2 Å². The molecular weight excluding hydrogens is 462 g/mol. The van der Waals surface area contributed by atoms with E-state index in [4.69, 9.17) is 0 Å². The van der Waals surface area contributed by atoms with E-state index in [0.29, 0.717) is 0 Å². The zero-order valence-electron chi connectivity index (χ0n) is 14.7. The molecule has 0 aromatic heterocycles. The standard InChI is InChI=1S/C24H20IOP/c25-27(21-10-4-1-5-11-21,22-12-6-2-7-13-22,23-14-8-3-9-15-23)24-18-16-20(26)17-19-24/h1-19,26H. The van der Waals surface area contributed by atoms with Gasteiger partial charge in [0.25, 0.3) is 0 Å². The molecule has 4 aromatic rings. The Balaban J connectivity index is 2.22. The molecular formula is C24H20IOP. The normalized spacial score (nSPS) is 12.9. The fourth-order valence-electron chi connectivity index (χ4n) is 3.75. The van der Waals surface area contributed by atoms with E-state index >= 15 is 0 Å². The van der Waals surface area contributed by atoms with Crippen LogP contribution in [-0.2, 0) is 0 Å². The molecule has 0 aliphatic heterocycles. The van der Waals surface area contributed by atoms with Gasteiger partial charge in [-0.25, -0.2) is 0 Å². The van der Waals surface area contributed by atoms with Gasteiger partial charge in [-0.1, -0.05) is 0 Å². The maximum absolute atomic E-state index is 9.93. The van der Waals surface area contributed by atoms with Crippen LogP contribution in [-0.4, -0.2) is 5.11 Å². The van der Waals surface area contributed by atoms with Gasteiger partial charge in [-0.15, -0.1) is 0 Å². The molecule has 0 aliphatic carbocycles. The van der Waals surface area contributed by atoms with Crippen molar-refractivity contribution in [2.24, 2.45) is 0 Å². The summed E-state index contributed by atoms with van der Waals surface area (Å²) in [7, 11) is 0. The van der Waals surface area contributed by atoms with Crippen LogP contribution in [0.2, 0.25) is 0 Å². The van der Waals surface area contributed by atoms with E-state index in [2.05, 4.69) is 125 Å². The summed E-state index contributed by atoms with van der Waals surface area (Å²) in [5, 5.41) is 15.1. The molecule has 0 spiro atoms. The zero-order valence-corrected chi connectivity index (χ0v) is 17.8. The van der Waals surface area contributed by atoms with Gasteiger partial charge in [0.1, 0.15) is 0 Å². The molecule has 1 nitrogen and oxygen atoms in total. The molecule has 0 fully saturated rings. The molecule has 4 rings (SSSR count). The van der Waals surface area contributed by atoms with Gasteiger partial charge in [0.2, 0.25) is 0 Å². The number of phenols is 1. The van der Waals surface area contributed by atoms with E-state index in [9.17, 15) is 5.11 Å². The quantitative estimate of drug-likeness (QED) is 0.324. The molecule has 0 unspecified atom stereocenters. The molecule has 0 atom stereocenters. The van der Waals surface area contributed by atoms with Crippen LogP contribution >= 0.6 is 26.3 Å². The summed E-state index contributed by atoms with van der Waals surface area (Å²) in [5.41, 5.74) is 0. The number of aromatic hydroxyl groups is 1. The Morgan fingerprint density at radius 1 is 0.444 bits per heavy atom. The summed E-state index contributed by atoms with van der Waals surface area (Å²) in [5.74, 6) is 0.286. The van der Waals surface area contributed by atoms with Crippen molar-refractivity contribution >= 4 is 47.5 Å². The van der Waals surface area contributed by atoms with Gasteiger partial charge in [-0.3, -0.25) is 0 Å². The van der Waals surface area contributed by atoms with Crippen molar-refractivity contribution in [1.29, 1.82) is 0 Å². The fourth-order valence-corrected chi connectivity index (χ4v) is 12.3. The number of rotatable bonds is 4. The number of halogens is 1. The van der Waals surface area contributed by atoms with E-state index in [-0.39, 0.29) is 5.75 Å². The van der Waals surface area contributed by atoms with Crippen LogP contribution in [0.15, 0.2) is 115 Å². The molecule has 0 saturated heterocycles. The molecule has 4 aromatic carbocycles. The first-order valence-electron chi connectivity index (χ1n) is 8.84. The topological polar surface area (TPSA) is 20.2 Å². The molecule has 0 saturated carbocycles. The first-order valence-corrected chi connectivity index (χ1v) is 13.9. The zero-order chi connectivity index (χ0) is 18.8. The van der Waals surface area contributed by atoms with Crippen molar-refractivity contribution in [3.63, 3.8) is 0 Å². The summed E-state index contributed by atoms with van der Waals surface area (Å²) >= 11 is 2.73. The van der Waals surface area contributed by atoms with Gasteiger partial charge >= 0.3 is 174 Å². The van der Waals surface area contributed by atoms with E-state index in [1.807, 2.05) is 0 Å². The second-order valence-corrected chi connectivity index (χ2v) is 16.4. The number of hydrogen-bond acceptors (Lipinski definition) is 1. The van der Waals surface area contributed by atoms with Crippen molar-refractivity contribution in [3.05, 3.63) is 115 Å². The molecule has 27 heavy (non-hydrogen) atoms. The van der Waals surface area contributed by atoms with Crippen molar-refractivity contribution in [2.45, 2.75) is 0 Å². The molecule has 3 heteroatoms. The summed E-state index contributed by atoms with van der Waals surface area (Å²) in [4.78, 5) is 0. The average Bonchev–Trinajstić information content (AvgIpc) is 2.76. The van der Waals surface area contributed by atoms with Crippen LogP contribution in [0.1, 0.15) is 0 Å². The predicted octanol–water partition coefficient (Wildman–Crippen LogP) is 4.90. The first kappa shape index (κ1) is 18.2. The number of benzene rings is 4. The van der Waals surface area contributed by atoms with Crippen molar-refractivity contribution in [2.75, 3.05) is 0 Å². The number of hydrogen-bond donors (Lipinski definition) is 1. The molecule has 0 radical (unpaired) electrons. The van der Waals surface area contributed by atoms with E-state index in [0.717, 1.165) is 0 Å². The summed E-state index contributed by atoms with van der Waals surface area (Å²) < 4.78 is -2.98. The number of phenolic OH excluding ortho intramolecular Hbond substituents is 1. The second kappa shape index (κ2) is 7.10. The Kier molecular flexibility index (Phi) is 4.79. The van der Waals surface area contributed by atoms with Gasteiger partial charge in [0, 0.05) is 0 Å². The Bertz CT molecular complexity index is 933. The van der Waals surface area contributed by atoms with Crippen molar-refractivity contribution < 1.29 is 5.11 Å². The third kappa shape index (κ3) is 2.79.